The molecule has 13 heavy (non-hydrogen) atoms. The highest BCUT2D eigenvalue weighted by Crippen LogP contribution is 2.16. The highest BCUT2D eigenvalue weighted by molar-refractivity contribution is 5.25. The zero-order valence-corrected chi connectivity index (χ0v) is 7.62. The molecule has 0 aliphatic carbocycles. The maximum Gasteiger partial charge on any atom is 0.0642 e. The Hall–Kier alpha value is -1.37. The SMILES string of the molecule is Cc1cccc([C@@H](CC#N)NN)c1. The quantitative estimate of drug-likeness (QED) is 0.539. The lowest BCUT2D eigenvalue weighted by Crippen LogP contribution is -2.27. The minimum atomic E-state index is -0.0649. The zero-order valence-electron chi connectivity index (χ0n) is 7.62. The Balaban J connectivity index is 2.86. The first-order chi connectivity index (χ1) is 6.27. The zero-order chi connectivity index (χ0) is 9.68. The van der Waals surface area contributed by atoms with Gasteiger partial charge in [-0.05, 0) is 12.5 Å². The van der Waals surface area contributed by atoms with E-state index in [0.29, 0.717) is 6.42 Å². The van der Waals surface area contributed by atoms with Gasteiger partial charge in [0, 0.05) is 0 Å². The first-order valence-corrected chi connectivity index (χ1v) is 4.17. The molecule has 68 valence electrons. The van der Waals surface area contributed by atoms with Crippen molar-refractivity contribution in [1.29, 1.82) is 5.26 Å². The van der Waals surface area contributed by atoms with Crippen molar-refractivity contribution in [2.45, 2.75) is 19.4 Å². The van der Waals surface area contributed by atoms with Crippen molar-refractivity contribution in [2.75, 3.05) is 0 Å². The van der Waals surface area contributed by atoms with Crippen molar-refractivity contribution in [2.24, 2.45) is 5.84 Å². The minimum absolute atomic E-state index is 0.0649. The molecule has 3 heteroatoms. The van der Waals surface area contributed by atoms with Crippen LogP contribution in [0.15, 0.2) is 24.3 Å². The van der Waals surface area contributed by atoms with Crippen LogP contribution in [0.1, 0.15) is 23.6 Å². The van der Waals surface area contributed by atoms with Gasteiger partial charge >= 0.3 is 0 Å². The summed E-state index contributed by atoms with van der Waals surface area (Å²) in [5, 5.41) is 8.55. The van der Waals surface area contributed by atoms with Crippen LogP contribution in [0.4, 0.5) is 0 Å². The molecule has 0 aliphatic rings. The smallest absolute Gasteiger partial charge is 0.0642 e. The summed E-state index contributed by atoms with van der Waals surface area (Å²) in [7, 11) is 0. The van der Waals surface area contributed by atoms with Gasteiger partial charge in [-0.1, -0.05) is 29.8 Å². The fraction of sp³-hybridized carbons (Fsp3) is 0.300. The summed E-state index contributed by atoms with van der Waals surface area (Å²) < 4.78 is 0. The molecule has 1 aromatic rings. The van der Waals surface area contributed by atoms with Gasteiger partial charge in [-0.3, -0.25) is 11.3 Å². The third kappa shape index (κ3) is 2.55. The molecule has 0 saturated heterocycles. The number of nitrogens with zero attached hydrogens (tertiary/aromatic N) is 1. The van der Waals surface area contributed by atoms with Gasteiger partial charge in [0.1, 0.15) is 0 Å². The number of hydrazine groups is 1. The number of benzene rings is 1. The van der Waals surface area contributed by atoms with Crippen molar-refractivity contribution in [3.05, 3.63) is 35.4 Å². The summed E-state index contributed by atoms with van der Waals surface area (Å²) in [6.45, 7) is 2.02. The first kappa shape index (κ1) is 9.72. The molecule has 3 nitrogen and oxygen atoms in total. The molecule has 0 fully saturated rings. The summed E-state index contributed by atoms with van der Waals surface area (Å²) in [6.07, 6.45) is 0.389. The van der Waals surface area contributed by atoms with E-state index >= 15 is 0 Å². The van der Waals surface area contributed by atoms with Gasteiger partial charge in [0.25, 0.3) is 0 Å². The highest BCUT2D eigenvalue weighted by Gasteiger charge is 2.07. The number of nitrogens with one attached hydrogen (secondary N) is 1. The summed E-state index contributed by atoms with van der Waals surface area (Å²) >= 11 is 0. The van der Waals surface area contributed by atoms with Crippen LogP contribution in [-0.2, 0) is 0 Å². The Kier molecular flexibility index (Phi) is 3.44. The summed E-state index contributed by atoms with van der Waals surface area (Å²) in [5.74, 6) is 5.34. The monoisotopic (exact) mass is 175 g/mol. The van der Waals surface area contributed by atoms with Gasteiger partial charge in [0.2, 0.25) is 0 Å². The normalized spacial score (nSPS) is 12.1. The van der Waals surface area contributed by atoms with Crippen molar-refractivity contribution < 1.29 is 0 Å². The molecular weight excluding hydrogens is 162 g/mol. The predicted octanol–water partition coefficient (Wildman–Crippen LogP) is 1.41. The topological polar surface area (TPSA) is 61.8 Å². The average Bonchev–Trinajstić information content (AvgIpc) is 2.14. The Labute approximate surface area is 78.1 Å². The van der Waals surface area contributed by atoms with Crippen molar-refractivity contribution in [3.63, 3.8) is 0 Å². The molecule has 3 N–H and O–H groups in total. The van der Waals surface area contributed by atoms with Gasteiger partial charge in [0.05, 0.1) is 18.5 Å². The van der Waals surface area contributed by atoms with Gasteiger partial charge in [0.15, 0.2) is 0 Å². The summed E-state index contributed by atoms with van der Waals surface area (Å²) in [6, 6.07) is 10.0. The van der Waals surface area contributed by atoms with Gasteiger partial charge in [-0.2, -0.15) is 5.26 Å². The largest absolute Gasteiger partial charge is 0.271 e. The average molecular weight is 175 g/mol. The lowest BCUT2D eigenvalue weighted by molar-refractivity contribution is 0.565. The third-order valence-corrected chi connectivity index (χ3v) is 1.94. The second kappa shape index (κ2) is 4.61. The van der Waals surface area contributed by atoms with Crippen LogP contribution < -0.4 is 11.3 Å². The van der Waals surface area contributed by atoms with Gasteiger partial charge in [-0.25, -0.2) is 0 Å². The fourth-order valence-electron chi connectivity index (χ4n) is 1.25. The Bertz CT molecular complexity index is 314. The van der Waals surface area contributed by atoms with Crippen LogP contribution in [0, 0.1) is 18.3 Å². The molecule has 1 atom stereocenters. The second-order valence-electron chi connectivity index (χ2n) is 3.00. The van der Waals surface area contributed by atoms with E-state index in [0.717, 1.165) is 5.56 Å². The van der Waals surface area contributed by atoms with Crippen molar-refractivity contribution >= 4 is 0 Å². The molecule has 0 spiro atoms. The molecule has 1 rings (SSSR count). The maximum atomic E-state index is 8.55. The van der Waals surface area contributed by atoms with Crippen molar-refractivity contribution in [3.8, 4) is 6.07 Å². The van der Waals surface area contributed by atoms with E-state index in [2.05, 4.69) is 11.5 Å². The van der Waals surface area contributed by atoms with Crippen LogP contribution in [0.25, 0.3) is 0 Å². The van der Waals surface area contributed by atoms with Crippen LogP contribution in [-0.4, -0.2) is 0 Å². The Morgan fingerprint density at radius 3 is 2.92 bits per heavy atom. The van der Waals surface area contributed by atoms with Crippen LogP contribution in [0.5, 0.6) is 0 Å². The van der Waals surface area contributed by atoms with Crippen LogP contribution >= 0.6 is 0 Å². The lowest BCUT2D eigenvalue weighted by atomic mass is 10.0. The molecule has 0 saturated carbocycles. The van der Waals surface area contributed by atoms with E-state index in [1.165, 1.54) is 5.56 Å². The number of hydrogen-bond acceptors (Lipinski definition) is 3. The first-order valence-electron chi connectivity index (χ1n) is 4.17. The van der Waals surface area contributed by atoms with E-state index in [1.54, 1.807) is 0 Å². The second-order valence-corrected chi connectivity index (χ2v) is 3.00. The van der Waals surface area contributed by atoms with E-state index in [4.69, 9.17) is 11.1 Å². The van der Waals surface area contributed by atoms with Gasteiger partial charge < -0.3 is 0 Å². The van der Waals surface area contributed by atoms with E-state index in [1.807, 2.05) is 31.2 Å². The standard InChI is InChI=1S/C10H13N3/c1-8-3-2-4-9(7-8)10(13-12)5-6-11/h2-4,7,10,13H,5,12H2,1H3/t10-/m1/s1. The number of hydrogen-bond donors (Lipinski definition) is 2. The van der Waals surface area contributed by atoms with Crippen molar-refractivity contribution in [1.82, 2.24) is 5.43 Å². The minimum Gasteiger partial charge on any atom is -0.271 e. The number of nitrogens with two attached hydrogens (primary N) is 1. The summed E-state index contributed by atoms with van der Waals surface area (Å²) in [4.78, 5) is 0. The van der Waals surface area contributed by atoms with E-state index < -0.39 is 0 Å². The Morgan fingerprint density at radius 1 is 1.62 bits per heavy atom. The van der Waals surface area contributed by atoms with E-state index in [9.17, 15) is 0 Å². The molecular formula is C10H13N3. The number of aryl methyl sites for hydroxylation is 1. The molecule has 0 bridgehead atoms. The Morgan fingerprint density at radius 2 is 2.38 bits per heavy atom. The molecule has 0 aliphatic heterocycles. The van der Waals surface area contributed by atoms with Crippen LogP contribution in [0.2, 0.25) is 0 Å². The maximum absolute atomic E-state index is 8.55. The fourth-order valence-corrected chi connectivity index (χ4v) is 1.25. The molecule has 0 heterocycles. The van der Waals surface area contributed by atoms with E-state index in [-0.39, 0.29) is 6.04 Å². The summed E-state index contributed by atoms with van der Waals surface area (Å²) in [5.41, 5.74) is 4.86. The molecule has 0 amide bonds. The van der Waals surface area contributed by atoms with Gasteiger partial charge in [-0.15, -0.1) is 0 Å². The van der Waals surface area contributed by atoms with Crippen LogP contribution in [0.3, 0.4) is 0 Å². The lowest BCUT2D eigenvalue weighted by Gasteiger charge is -2.12. The molecule has 0 unspecified atom stereocenters. The third-order valence-electron chi connectivity index (χ3n) is 1.94. The predicted molar refractivity (Wildman–Crippen MR) is 51.5 cm³/mol. The highest BCUT2D eigenvalue weighted by atomic mass is 15.2. The number of rotatable bonds is 3. The molecule has 0 aromatic heterocycles. The number of nitriles is 1. The molecule has 1 aromatic carbocycles. The molecule has 0 radical (unpaired) electrons.